The zero-order chi connectivity index (χ0) is 7.98. The molecule has 0 rings (SSSR count). The van der Waals surface area contributed by atoms with Gasteiger partial charge in [-0.15, -0.1) is 0 Å². The van der Waals surface area contributed by atoms with Crippen molar-refractivity contribution in [1.82, 2.24) is 0 Å². The maximum atomic E-state index is 10.1. The molecular weight excluding hydrogens is 130 g/mol. The van der Waals surface area contributed by atoms with Crippen molar-refractivity contribution in [3.8, 4) is 6.07 Å². The second-order valence-electron chi connectivity index (χ2n) is 2.11. The van der Waals surface area contributed by atoms with E-state index in [1.807, 2.05) is 6.07 Å². The van der Waals surface area contributed by atoms with E-state index in [0.717, 1.165) is 0 Å². The summed E-state index contributed by atoms with van der Waals surface area (Å²) in [6.45, 7) is 1.78. The number of carbonyl (C=O) groups excluding carboxylic acids is 1. The Morgan fingerprint density at radius 3 is 2.60 bits per heavy atom. The summed E-state index contributed by atoms with van der Waals surface area (Å²) in [6, 6.07) is 1.96. The fourth-order valence-corrected chi connectivity index (χ4v) is 0.648. The minimum absolute atomic E-state index is 0.0625. The minimum atomic E-state index is -0.556. The highest BCUT2D eigenvalue weighted by Gasteiger charge is 2.15. The summed E-state index contributed by atoms with van der Waals surface area (Å²) in [5.74, 6) is -0.0625. The number of methoxy groups -OCH3 is 1. The quantitative estimate of drug-likeness (QED) is 0.576. The first kappa shape index (κ1) is 9.12. The summed E-state index contributed by atoms with van der Waals surface area (Å²) in [7, 11) is 1.43. The van der Waals surface area contributed by atoms with E-state index in [-0.39, 0.29) is 5.92 Å². The first-order chi connectivity index (χ1) is 4.76. The van der Waals surface area contributed by atoms with Gasteiger partial charge in [0.1, 0.15) is 6.10 Å². The molecule has 0 aliphatic heterocycles. The van der Waals surface area contributed by atoms with Gasteiger partial charge in [0.05, 0.1) is 6.07 Å². The van der Waals surface area contributed by atoms with Gasteiger partial charge < -0.3 is 4.74 Å². The zero-order valence-electron chi connectivity index (χ0n) is 6.13. The predicted octanol–water partition coefficient (Wildman–Crippen LogP) is 0.661. The zero-order valence-corrected chi connectivity index (χ0v) is 6.13. The molecule has 0 aromatic rings. The van der Waals surface area contributed by atoms with Crippen LogP contribution in [0.3, 0.4) is 0 Å². The van der Waals surface area contributed by atoms with Crippen LogP contribution in [0.4, 0.5) is 0 Å². The number of ether oxygens (including phenoxy) is 1. The molecule has 0 aliphatic carbocycles. The van der Waals surface area contributed by atoms with Gasteiger partial charge in [0.25, 0.3) is 0 Å². The van der Waals surface area contributed by atoms with Gasteiger partial charge in [-0.3, -0.25) is 4.79 Å². The van der Waals surface area contributed by atoms with Crippen molar-refractivity contribution in [3.05, 3.63) is 0 Å². The Balaban J connectivity index is 3.78. The standard InChI is InChI=1S/C7H10NO2/c1-6(3-4-8)7(5-9)10-2/h6-7H,3H2,1-2H3. The topological polar surface area (TPSA) is 50.1 Å². The normalized spacial score (nSPS) is 15.3. The molecule has 55 valence electrons. The van der Waals surface area contributed by atoms with Gasteiger partial charge in [0.15, 0.2) is 0 Å². The Labute approximate surface area is 60.6 Å². The van der Waals surface area contributed by atoms with Gasteiger partial charge in [-0.25, -0.2) is 0 Å². The largest absolute Gasteiger partial charge is 0.373 e. The van der Waals surface area contributed by atoms with Crippen LogP contribution in [0.25, 0.3) is 0 Å². The second kappa shape index (κ2) is 4.95. The van der Waals surface area contributed by atoms with E-state index in [9.17, 15) is 4.79 Å². The van der Waals surface area contributed by atoms with E-state index in [4.69, 9.17) is 10.00 Å². The van der Waals surface area contributed by atoms with E-state index in [1.165, 1.54) is 7.11 Å². The molecule has 0 saturated heterocycles. The average Bonchev–Trinajstić information content (AvgIpc) is 1.91. The predicted molar refractivity (Wildman–Crippen MR) is 35.9 cm³/mol. The van der Waals surface area contributed by atoms with E-state index in [1.54, 1.807) is 13.2 Å². The molecule has 0 fully saturated rings. The smallest absolute Gasteiger partial charge is 0.230 e. The van der Waals surface area contributed by atoms with Gasteiger partial charge in [-0.1, -0.05) is 6.92 Å². The van der Waals surface area contributed by atoms with Crippen molar-refractivity contribution in [2.75, 3.05) is 7.11 Å². The van der Waals surface area contributed by atoms with Gasteiger partial charge >= 0.3 is 0 Å². The molecule has 3 heteroatoms. The van der Waals surface area contributed by atoms with Crippen LogP contribution in [0, 0.1) is 17.2 Å². The molecule has 0 aliphatic rings. The van der Waals surface area contributed by atoms with E-state index in [2.05, 4.69) is 0 Å². The van der Waals surface area contributed by atoms with E-state index in [0.29, 0.717) is 6.42 Å². The fourth-order valence-electron chi connectivity index (χ4n) is 0.648. The number of hydrogen-bond donors (Lipinski definition) is 0. The Morgan fingerprint density at radius 2 is 2.30 bits per heavy atom. The first-order valence-corrected chi connectivity index (χ1v) is 3.03. The lowest BCUT2D eigenvalue weighted by atomic mass is 10.0. The van der Waals surface area contributed by atoms with Crippen LogP contribution in [0.2, 0.25) is 0 Å². The molecule has 0 spiro atoms. The minimum Gasteiger partial charge on any atom is -0.373 e. The number of nitriles is 1. The molecule has 10 heavy (non-hydrogen) atoms. The third kappa shape index (κ3) is 2.60. The molecule has 2 atom stereocenters. The lowest BCUT2D eigenvalue weighted by Crippen LogP contribution is -2.21. The highest BCUT2D eigenvalue weighted by molar-refractivity contribution is 5.57. The van der Waals surface area contributed by atoms with Crippen molar-refractivity contribution in [1.29, 1.82) is 5.26 Å². The molecule has 0 aromatic carbocycles. The fraction of sp³-hybridized carbons (Fsp3) is 0.714. The van der Waals surface area contributed by atoms with Crippen molar-refractivity contribution in [3.63, 3.8) is 0 Å². The van der Waals surface area contributed by atoms with Crippen LogP contribution in [0.15, 0.2) is 0 Å². The summed E-state index contributed by atoms with van der Waals surface area (Å²) < 4.78 is 4.74. The second-order valence-corrected chi connectivity index (χ2v) is 2.11. The number of rotatable bonds is 4. The van der Waals surface area contributed by atoms with Crippen LogP contribution in [-0.2, 0) is 9.53 Å². The first-order valence-electron chi connectivity index (χ1n) is 3.03. The summed E-state index contributed by atoms with van der Waals surface area (Å²) in [6.07, 6.45) is 1.48. The highest BCUT2D eigenvalue weighted by Crippen LogP contribution is 2.07. The maximum absolute atomic E-state index is 10.1. The molecule has 3 nitrogen and oxygen atoms in total. The molecule has 0 amide bonds. The summed E-state index contributed by atoms with van der Waals surface area (Å²) >= 11 is 0. The van der Waals surface area contributed by atoms with E-state index >= 15 is 0 Å². The Kier molecular flexibility index (Phi) is 4.51. The molecule has 0 heterocycles. The Morgan fingerprint density at radius 1 is 1.70 bits per heavy atom. The van der Waals surface area contributed by atoms with Gasteiger partial charge in [0.2, 0.25) is 6.29 Å². The third-order valence-electron chi connectivity index (χ3n) is 1.30. The third-order valence-corrected chi connectivity index (χ3v) is 1.30. The molecular formula is C7H10NO2. The monoisotopic (exact) mass is 140 g/mol. The van der Waals surface area contributed by atoms with Gasteiger partial charge in [0, 0.05) is 19.4 Å². The van der Waals surface area contributed by atoms with Crippen LogP contribution < -0.4 is 0 Å². The summed E-state index contributed by atoms with van der Waals surface area (Å²) in [4.78, 5) is 10.1. The molecule has 0 N–H and O–H groups in total. The van der Waals surface area contributed by atoms with Crippen LogP contribution >= 0.6 is 0 Å². The Bertz CT molecular complexity index is 139. The van der Waals surface area contributed by atoms with Crippen LogP contribution in [-0.4, -0.2) is 19.5 Å². The highest BCUT2D eigenvalue weighted by atomic mass is 16.5. The SMILES string of the molecule is COC([C]=O)C(C)CC#N. The van der Waals surface area contributed by atoms with Crippen molar-refractivity contribution in [2.45, 2.75) is 19.4 Å². The van der Waals surface area contributed by atoms with Crippen molar-refractivity contribution < 1.29 is 9.53 Å². The molecule has 1 radical (unpaired) electrons. The summed E-state index contributed by atoms with van der Waals surface area (Å²) in [5.41, 5.74) is 0. The molecule has 2 unspecified atom stereocenters. The van der Waals surface area contributed by atoms with Crippen molar-refractivity contribution in [2.24, 2.45) is 5.92 Å². The number of hydrogen-bond acceptors (Lipinski definition) is 3. The van der Waals surface area contributed by atoms with Gasteiger partial charge in [-0.2, -0.15) is 5.26 Å². The number of nitrogens with zero attached hydrogens (tertiary/aromatic N) is 1. The van der Waals surface area contributed by atoms with Crippen molar-refractivity contribution >= 4 is 6.29 Å². The van der Waals surface area contributed by atoms with Gasteiger partial charge in [-0.05, 0) is 0 Å². The summed E-state index contributed by atoms with van der Waals surface area (Å²) in [5, 5.41) is 8.24. The lowest BCUT2D eigenvalue weighted by Gasteiger charge is -2.11. The maximum Gasteiger partial charge on any atom is 0.230 e. The molecule has 0 aromatic heterocycles. The van der Waals surface area contributed by atoms with Crippen LogP contribution in [0.1, 0.15) is 13.3 Å². The average molecular weight is 140 g/mol. The van der Waals surface area contributed by atoms with E-state index < -0.39 is 6.10 Å². The lowest BCUT2D eigenvalue weighted by molar-refractivity contribution is 0.110. The molecule has 0 bridgehead atoms. The Hall–Kier alpha value is -0.880. The molecule has 0 saturated carbocycles. The van der Waals surface area contributed by atoms with Crippen LogP contribution in [0.5, 0.6) is 0 Å².